The SMILES string of the molecule is CC(C)n1c(N2CC[C@@H](N)C2)nc(OCc2ccc(F)cc2F)c(Br)c1=O. The molecule has 1 fully saturated rings. The van der Waals surface area contributed by atoms with Crippen LogP contribution in [0.25, 0.3) is 0 Å². The molecule has 6 nitrogen and oxygen atoms in total. The number of hydrogen-bond donors (Lipinski definition) is 1. The van der Waals surface area contributed by atoms with E-state index in [1.165, 1.54) is 6.07 Å². The predicted octanol–water partition coefficient (Wildman–Crippen LogP) is 2.98. The lowest BCUT2D eigenvalue weighted by molar-refractivity contribution is 0.283. The first-order valence-electron chi connectivity index (χ1n) is 8.67. The van der Waals surface area contributed by atoms with E-state index in [0.29, 0.717) is 19.0 Å². The first-order chi connectivity index (χ1) is 12.8. The lowest BCUT2D eigenvalue weighted by Gasteiger charge is -2.24. The second kappa shape index (κ2) is 7.93. The molecule has 0 spiro atoms. The van der Waals surface area contributed by atoms with E-state index in [9.17, 15) is 13.6 Å². The summed E-state index contributed by atoms with van der Waals surface area (Å²) in [6.07, 6.45) is 0.807. The van der Waals surface area contributed by atoms with Gasteiger partial charge < -0.3 is 15.4 Å². The summed E-state index contributed by atoms with van der Waals surface area (Å²) in [5, 5.41) is 0. The molecule has 2 heterocycles. The summed E-state index contributed by atoms with van der Waals surface area (Å²) >= 11 is 3.24. The fraction of sp³-hybridized carbons (Fsp3) is 0.444. The van der Waals surface area contributed by atoms with Crippen LogP contribution in [0, 0.1) is 11.6 Å². The van der Waals surface area contributed by atoms with Gasteiger partial charge in [0.15, 0.2) is 0 Å². The molecule has 1 aliphatic rings. The van der Waals surface area contributed by atoms with Crippen LogP contribution in [0.2, 0.25) is 0 Å². The number of nitrogens with zero attached hydrogens (tertiary/aromatic N) is 3. The van der Waals surface area contributed by atoms with Crippen LogP contribution >= 0.6 is 15.9 Å². The third-order valence-corrected chi connectivity index (χ3v) is 5.09. The number of nitrogens with two attached hydrogens (primary N) is 1. The Hall–Kier alpha value is -2.00. The zero-order chi connectivity index (χ0) is 19.7. The molecule has 1 aromatic heterocycles. The Morgan fingerprint density at radius 2 is 2.15 bits per heavy atom. The van der Waals surface area contributed by atoms with Crippen molar-refractivity contribution in [2.45, 2.75) is 39.0 Å². The van der Waals surface area contributed by atoms with E-state index in [0.717, 1.165) is 18.6 Å². The molecule has 9 heteroatoms. The topological polar surface area (TPSA) is 73.4 Å². The molecule has 2 aromatic rings. The van der Waals surface area contributed by atoms with Crippen molar-refractivity contribution in [2.24, 2.45) is 5.73 Å². The lowest BCUT2D eigenvalue weighted by Crippen LogP contribution is -2.35. The van der Waals surface area contributed by atoms with Gasteiger partial charge in [0.2, 0.25) is 11.8 Å². The first kappa shape index (κ1) is 19.8. The number of anilines is 1. The number of hydrogen-bond acceptors (Lipinski definition) is 5. The van der Waals surface area contributed by atoms with E-state index >= 15 is 0 Å². The van der Waals surface area contributed by atoms with Crippen molar-refractivity contribution in [1.82, 2.24) is 9.55 Å². The van der Waals surface area contributed by atoms with E-state index in [4.69, 9.17) is 10.5 Å². The normalized spacial score (nSPS) is 17.0. The minimum absolute atomic E-state index is 0.0174. The standard InChI is InChI=1S/C18H21BrF2N4O2/c1-10(2)25-17(26)15(19)16(23-18(25)24-6-5-13(22)8-24)27-9-11-3-4-12(20)7-14(11)21/h3-4,7,10,13H,5-6,8-9,22H2,1-2H3/t13-/m1/s1. The average Bonchev–Trinajstić information content (AvgIpc) is 3.03. The van der Waals surface area contributed by atoms with Gasteiger partial charge in [-0.2, -0.15) is 4.98 Å². The maximum atomic E-state index is 13.8. The van der Waals surface area contributed by atoms with Crippen LogP contribution in [0.3, 0.4) is 0 Å². The molecule has 1 saturated heterocycles. The van der Waals surface area contributed by atoms with Crippen molar-refractivity contribution >= 4 is 21.9 Å². The molecule has 0 aliphatic carbocycles. The third-order valence-electron chi connectivity index (χ3n) is 4.41. The first-order valence-corrected chi connectivity index (χ1v) is 9.46. The highest BCUT2D eigenvalue weighted by Gasteiger charge is 2.27. The van der Waals surface area contributed by atoms with Crippen molar-refractivity contribution in [2.75, 3.05) is 18.0 Å². The summed E-state index contributed by atoms with van der Waals surface area (Å²) in [7, 11) is 0. The second-order valence-electron chi connectivity index (χ2n) is 6.82. The van der Waals surface area contributed by atoms with Gasteiger partial charge in [-0.1, -0.05) is 0 Å². The highest BCUT2D eigenvalue weighted by atomic mass is 79.9. The summed E-state index contributed by atoms with van der Waals surface area (Å²) in [5.41, 5.74) is 5.87. The van der Waals surface area contributed by atoms with Crippen LogP contribution < -0.4 is 20.9 Å². The van der Waals surface area contributed by atoms with Crippen molar-refractivity contribution < 1.29 is 13.5 Å². The number of rotatable bonds is 5. The van der Waals surface area contributed by atoms with Crippen molar-refractivity contribution in [3.8, 4) is 5.88 Å². The molecular weight excluding hydrogens is 422 g/mol. The molecule has 0 saturated carbocycles. The average molecular weight is 443 g/mol. The molecule has 3 rings (SSSR count). The second-order valence-corrected chi connectivity index (χ2v) is 7.61. The number of benzene rings is 1. The van der Waals surface area contributed by atoms with E-state index in [1.54, 1.807) is 4.57 Å². The summed E-state index contributed by atoms with van der Waals surface area (Å²) in [6.45, 7) is 4.88. The smallest absolute Gasteiger partial charge is 0.273 e. The van der Waals surface area contributed by atoms with E-state index in [2.05, 4.69) is 20.9 Å². The van der Waals surface area contributed by atoms with Crippen LogP contribution in [-0.4, -0.2) is 28.7 Å². The van der Waals surface area contributed by atoms with Crippen molar-refractivity contribution in [3.63, 3.8) is 0 Å². The van der Waals surface area contributed by atoms with E-state index in [-0.39, 0.29) is 40.2 Å². The number of halogens is 3. The lowest BCUT2D eigenvalue weighted by atomic mass is 10.2. The molecule has 1 aliphatic heterocycles. The largest absolute Gasteiger partial charge is 0.472 e. The highest BCUT2D eigenvalue weighted by Crippen LogP contribution is 2.27. The molecule has 0 bridgehead atoms. The van der Waals surface area contributed by atoms with Gasteiger partial charge in [0, 0.05) is 36.8 Å². The zero-order valence-corrected chi connectivity index (χ0v) is 16.7. The van der Waals surface area contributed by atoms with Gasteiger partial charge >= 0.3 is 0 Å². The number of ether oxygens (including phenoxy) is 1. The third kappa shape index (κ3) is 4.14. The van der Waals surface area contributed by atoms with E-state index < -0.39 is 11.6 Å². The van der Waals surface area contributed by atoms with Crippen LogP contribution in [0.4, 0.5) is 14.7 Å². The fourth-order valence-electron chi connectivity index (χ4n) is 3.02. The van der Waals surface area contributed by atoms with Gasteiger partial charge in [-0.15, -0.1) is 0 Å². The van der Waals surface area contributed by atoms with Gasteiger partial charge in [-0.3, -0.25) is 9.36 Å². The molecule has 27 heavy (non-hydrogen) atoms. The predicted molar refractivity (Wildman–Crippen MR) is 102 cm³/mol. The summed E-state index contributed by atoms with van der Waals surface area (Å²) in [4.78, 5) is 19.3. The zero-order valence-electron chi connectivity index (χ0n) is 15.1. The molecule has 0 unspecified atom stereocenters. The summed E-state index contributed by atoms with van der Waals surface area (Å²) in [6, 6.07) is 3.14. The van der Waals surface area contributed by atoms with Crippen molar-refractivity contribution in [3.05, 3.63) is 50.2 Å². The summed E-state index contributed by atoms with van der Waals surface area (Å²) < 4.78 is 34.2. The minimum atomic E-state index is -0.715. The quantitative estimate of drug-likeness (QED) is 0.770. The molecule has 2 N–H and O–H groups in total. The molecule has 0 radical (unpaired) electrons. The van der Waals surface area contributed by atoms with Gasteiger partial charge in [-0.25, -0.2) is 8.78 Å². The minimum Gasteiger partial charge on any atom is -0.472 e. The number of aromatic nitrogens is 2. The Labute approximate surface area is 164 Å². The van der Waals surface area contributed by atoms with Gasteiger partial charge in [0.1, 0.15) is 22.7 Å². The molecule has 0 amide bonds. The van der Waals surface area contributed by atoms with E-state index in [1.807, 2.05) is 18.7 Å². The van der Waals surface area contributed by atoms with Crippen LogP contribution in [0.15, 0.2) is 27.5 Å². The molecule has 146 valence electrons. The Balaban J connectivity index is 1.95. The molecular formula is C18H21BrF2N4O2. The maximum absolute atomic E-state index is 13.8. The van der Waals surface area contributed by atoms with Crippen molar-refractivity contribution in [1.29, 1.82) is 0 Å². The van der Waals surface area contributed by atoms with Crippen LogP contribution in [-0.2, 0) is 6.61 Å². The summed E-state index contributed by atoms with van der Waals surface area (Å²) in [5.74, 6) is -0.841. The Bertz CT molecular complexity index is 904. The highest BCUT2D eigenvalue weighted by molar-refractivity contribution is 9.10. The fourth-order valence-corrected chi connectivity index (χ4v) is 3.41. The monoisotopic (exact) mass is 442 g/mol. The Morgan fingerprint density at radius 1 is 1.41 bits per heavy atom. The Kier molecular flexibility index (Phi) is 5.81. The molecule has 1 aromatic carbocycles. The molecule has 1 atom stereocenters. The van der Waals surface area contributed by atoms with Gasteiger partial charge in [0.05, 0.1) is 0 Å². The van der Waals surface area contributed by atoms with Gasteiger partial charge in [0.25, 0.3) is 5.56 Å². The van der Waals surface area contributed by atoms with Crippen LogP contribution in [0.1, 0.15) is 31.9 Å². The van der Waals surface area contributed by atoms with Crippen LogP contribution in [0.5, 0.6) is 5.88 Å². The maximum Gasteiger partial charge on any atom is 0.273 e. The van der Waals surface area contributed by atoms with Gasteiger partial charge in [-0.05, 0) is 48.3 Å². The Morgan fingerprint density at radius 3 is 2.74 bits per heavy atom.